The molecule has 14 heavy (non-hydrogen) atoms. The largest absolute Gasteiger partial charge is 0.0807 e. The first kappa shape index (κ1) is 9.26. The van der Waals surface area contributed by atoms with Crippen molar-refractivity contribution in [2.24, 2.45) is 0 Å². The Morgan fingerprint density at radius 2 is 2.14 bits per heavy atom. The third kappa shape index (κ3) is 2.35. The topological polar surface area (TPSA) is 0 Å². The predicted octanol–water partition coefficient (Wildman–Crippen LogP) is 4.10. The first-order valence-electron chi connectivity index (χ1n) is 5.26. The molecule has 72 valence electrons. The highest BCUT2D eigenvalue weighted by molar-refractivity contribution is 5.43. The van der Waals surface area contributed by atoms with Crippen LogP contribution < -0.4 is 0 Å². The van der Waals surface area contributed by atoms with Gasteiger partial charge >= 0.3 is 0 Å². The second-order valence-corrected chi connectivity index (χ2v) is 3.94. The van der Waals surface area contributed by atoms with E-state index in [9.17, 15) is 0 Å². The van der Waals surface area contributed by atoms with Crippen LogP contribution in [0.25, 0.3) is 0 Å². The minimum Gasteiger partial charge on any atom is -0.0807 e. The minimum absolute atomic E-state index is 1.10. The predicted molar refractivity (Wildman–Crippen MR) is 62.1 cm³/mol. The van der Waals surface area contributed by atoms with Crippen LogP contribution in [-0.4, -0.2) is 0 Å². The second-order valence-electron chi connectivity index (χ2n) is 3.94. The third-order valence-electron chi connectivity index (χ3n) is 2.63. The van der Waals surface area contributed by atoms with Crippen molar-refractivity contribution < 1.29 is 0 Å². The van der Waals surface area contributed by atoms with E-state index < -0.39 is 0 Å². The molecule has 0 N–H and O–H groups in total. The molecule has 0 heterocycles. The summed E-state index contributed by atoms with van der Waals surface area (Å²) in [5.41, 5.74) is 4.23. The Kier molecular flexibility index (Phi) is 2.83. The molecule has 2 aliphatic rings. The maximum absolute atomic E-state index is 2.36. The van der Waals surface area contributed by atoms with Gasteiger partial charge in [0.05, 0.1) is 0 Å². The van der Waals surface area contributed by atoms with E-state index in [1.54, 1.807) is 0 Å². The lowest BCUT2D eigenvalue weighted by molar-refractivity contribution is 0.964. The lowest BCUT2D eigenvalue weighted by Crippen LogP contribution is -1.88. The van der Waals surface area contributed by atoms with Gasteiger partial charge in [-0.2, -0.15) is 0 Å². The van der Waals surface area contributed by atoms with Gasteiger partial charge in [0.15, 0.2) is 0 Å². The molecule has 0 saturated carbocycles. The van der Waals surface area contributed by atoms with E-state index in [1.807, 2.05) is 0 Å². The number of rotatable bonds is 0. The molecule has 0 atom stereocenters. The highest BCUT2D eigenvalue weighted by atomic mass is 14.1. The summed E-state index contributed by atoms with van der Waals surface area (Å²) in [7, 11) is 0. The van der Waals surface area contributed by atoms with Crippen molar-refractivity contribution in [3.63, 3.8) is 0 Å². The molecule has 2 aliphatic carbocycles. The van der Waals surface area contributed by atoms with Gasteiger partial charge in [-0.3, -0.25) is 0 Å². The SMILES string of the molecule is C/C1=C\C=C/C2=CC(=C\CC1)/CC=C2. The number of hydrogen-bond acceptors (Lipinski definition) is 0. The zero-order valence-corrected chi connectivity index (χ0v) is 8.66. The van der Waals surface area contributed by atoms with Gasteiger partial charge in [0.25, 0.3) is 0 Å². The lowest BCUT2D eigenvalue weighted by atomic mass is 9.98. The molecule has 2 bridgehead atoms. The highest BCUT2D eigenvalue weighted by Crippen LogP contribution is 2.19. The second kappa shape index (κ2) is 4.28. The van der Waals surface area contributed by atoms with Crippen LogP contribution in [0.5, 0.6) is 0 Å². The van der Waals surface area contributed by atoms with E-state index >= 15 is 0 Å². The summed E-state index contributed by atoms with van der Waals surface area (Å²) in [5, 5.41) is 0. The molecule has 0 unspecified atom stereocenters. The molecule has 2 rings (SSSR count). The van der Waals surface area contributed by atoms with E-state index in [2.05, 4.69) is 49.5 Å². The highest BCUT2D eigenvalue weighted by Gasteiger charge is 1.99. The van der Waals surface area contributed by atoms with Gasteiger partial charge in [-0.05, 0) is 37.3 Å². The zero-order valence-electron chi connectivity index (χ0n) is 8.66. The molecule has 0 fully saturated rings. The Bertz CT molecular complexity index is 359. The van der Waals surface area contributed by atoms with Crippen molar-refractivity contribution in [2.75, 3.05) is 0 Å². The summed E-state index contributed by atoms with van der Waals surface area (Å²) in [6.07, 6.45) is 19.1. The maximum atomic E-state index is 2.36. The Morgan fingerprint density at radius 3 is 3.07 bits per heavy atom. The third-order valence-corrected chi connectivity index (χ3v) is 2.63. The van der Waals surface area contributed by atoms with Crippen molar-refractivity contribution in [2.45, 2.75) is 26.2 Å². The van der Waals surface area contributed by atoms with Crippen LogP contribution in [0.1, 0.15) is 26.2 Å². The van der Waals surface area contributed by atoms with Crippen molar-refractivity contribution in [1.29, 1.82) is 0 Å². The van der Waals surface area contributed by atoms with E-state index in [1.165, 1.54) is 29.6 Å². The van der Waals surface area contributed by atoms with Gasteiger partial charge in [0.2, 0.25) is 0 Å². The fourth-order valence-electron chi connectivity index (χ4n) is 1.79. The molecule has 0 aliphatic heterocycles. The van der Waals surface area contributed by atoms with E-state index in [0.29, 0.717) is 0 Å². The lowest BCUT2D eigenvalue weighted by Gasteiger charge is -2.08. The summed E-state index contributed by atoms with van der Waals surface area (Å²) in [4.78, 5) is 0. The Labute approximate surface area is 86.0 Å². The molecule has 0 nitrogen and oxygen atoms in total. The van der Waals surface area contributed by atoms with Gasteiger partial charge in [-0.1, -0.05) is 48.1 Å². The molecule has 0 heteroatoms. The summed E-state index contributed by atoms with van der Waals surface area (Å²) >= 11 is 0. The number of fused-ring (bicyclic) bond motifs is 1. The summed E-state index contributed by atoms with van der Waals surface area (Å²) in [5.74, 6) is 0. The minimum atomic E-state index is 1.10. The molecule has 0 spiro atoms. The van der Waals surface area contributed by atoms with Gasteiger partial charge < -0.3 is 0 Å². The van der Waals surface area contributed by atoms with Gasteiger partial charge in [-0.15, -0.1) is 0 Å². The average molecular weight is 184 g/mol. The number of hydrogen-bond donors (Lipinski definition) is 0. The smallest absolute Gasteiger partial charge is 0.00971 e. The monoisotopic (exact) mass is 184 g/mol. The van der Waals surface area contributed by atoms with E-state index in [-0.39, 0.29) is 0 Å². The fourth-order valence-corrected chi connectivity index (χ4v) is 1.79. The van der Waals surface area contributed by atoms with Crippen molar-refractivity contribution in [1.82, 2.24) is 0 Å². The first-order valence-corrected chi connectivity index (χ1v) is 5.26. The van der Waals surface area contributed by atoms with Crippen LogP contribution in [0, 0.1) is 0 Å². The van der Waals surface area contributed by atoms with Crippen LogP contribution in [0.3, 0.4) is 0 Å². The van der Waals surface area contributed by atoms with Crippen molar-refractivity contribution >= 4 is 0 Å². The quantitative estimate of drug-likeness (QED) is 0.532. The molecule has 0 aromatic heterocycles. The molecule has 0 amide bonds. The van der Waals surface area contributed by atoms with Crippen molar-refractivity contribution in [3.05, 3.63) is 59.3 Å². The molecule has 0 aromatic rings. The fraction of sp³-hybridized carbons (Fsp3) is 0.286. The van der Waals surface area contributed by atoms with Gasteiger partial charge in [-0.25, -0.2) is 0 Å². The normalized spacial score (nSPS) is 30.8. The first-order chi connectivity index (χ1) is 6.84. The Morgan fingerprint density at radius 1 is 1.21 bits per heavy atom. The summed E-state index contributed by atoms with van der Waals surface area (Å²) in [6.45, 7) is 2.20. The van der Waals surface area contributed by atoms with Crippen LogP contribution in [0.4, 0.5) is 0 Å². The molecule has 0 aromatic carbocycles. The van der Waals surface area contributed by atoms with Crippen molar-refractivity contribution in [3.8, 4) is 0 Å². The van der Waals surface area contributed by atoms with Gasteiger partial charge in [0, 0.05) is 0 Å². The standard InChI is InChI=1S/C14H16/c1-12-5-2-7-13-9-4-10-14(11-13)8-3-6-12/h2,4-5,7-9,11H,3,6,10H2,1H3/b7-2-,12-5+,14-8-. The maximum Gasteiger partial charge on any atom is -0.00971 e. The van der Waals surface area contributed by atoms with E-state index in [4.69, 9.17) is 0 Å². The molecule has 0 radical (unpaired) electrons. The zero-order chi connectivity index (χ0) is 9.80. The average Bonchev–Trinajstić information content (AvgIpc) is 2.18. The molecular formula is C14H16. The van der Waals surface area contributed by atoms with Crippen LogP contribution in [0.2, 0.25) is 0 Å². The Balaban J connectivity index is 2.29. The van der Waals surface area contributed by atoms with Crippen LogP contribution >= 0.6 is 0 Å². The molecular weight excluding hydrogens is 168 g/mol. The Hall–Kier alpha value is -1.30. The van der Waals surface area contributed by atoms with Crippen LogP contribution in [-0.2, 0) is 0 Å². The van der Waals surface area contributed by atoms with Gasteiger partial charge in [0.1, 0.15) is 0 Å². The van der Waals surface area contributed by atoms with E-state index in [0.717, 1.165) is 6.42 Å². The summed E-state index contributed by atoms with van der Waals surface area (Å²) in [6, 6.07) is 0. The van der Waals surface area contributed by atoms with Crippen LogP contribution in [0.15, 0.2) is 59.3 Å². The number of allylic oxidation sites excluding steroid dienone is 10. The summed E-state index contributed by atoms with van der Waals surface area (Å²) < 4.78 is 0. The molecule has 0 saturated heterocycles.